The lowest BCUT2D eigenvalue weighted by Gasteiger charge is -2.30. The lowest BCUT2D eigenvalue weighted by atomic mass is 9.79. The minimum atomic E-state index is -4.02. The first-order chi connectivity index (χ1) is 25.2. The van der Waals surface area contributed by atoms with Crippen LogP contribution in [0.1, 0.15) is 63.5 Å². The molecular weight excluding hydrogens is 753 g/mol. The lowest BCUT2D eigenvalue weighted by molar-refractivity contribution is -0.132. The number of hydrogen-bond donors (Lipinski definition) is 7. The van der Waals surface area contributed by atoms with E-state index in [2.05, 4.69) is 17.2 Å². The van der Waals surface area contributed by atoms with Gasteiger partial charge in [-0.3, -0.25) is 23.9 Å². The van der Waals surface area contributed by atoms with E-state index >= 15 is 0 Å². The number of ether oxygens (including phenoxy) is 1. The molecule has 4 aromatic rings. The Labute approximate surface area is 321 Å². The van der Waals surface area contributed by atoms with Crippen LogP contribution in [0.3, 0.4) is 0 Å². The Bertz CT molecular complexity index is 2070. The SMILES string of the molecule is COCCNCc1ccc(C#Cc2ccc(C(N)=O)c([C@H](C(=O)NO)C(C)(C)N)c2)cc1.Cc1ccc(S(=O)(=O)O)cc1.Cc1ccc(S(=O)(=O)O)cc1.O. The average Bonchev–Trinajstić information content (AvgIpc) is 3.09. The minimum absolute atomic E-state index is 0. The van der Waals surface area contributed by atoms with E-state index in [1.165, 1.54) is 30.3 Å². The predicted molar refractivity (Wildman–Crippen MR) is 208 cm³/mol. The van der Waals surface area contributed by atoms with Crippen molar-refractivity contribution in [3.8, 4) is 11.8 Å². The highest BCUT2D eigenvalue weighted by molar-refractivity contribution is 7.86. The molecule has 2 amide bonds. The molecule has 0 radical (unpaired) electrons. The van der Waals surface area contributed by atoms with Crippen LogP contribution in [0.5, 0.6) is 0 Å². The maximum Gasteiger partial charge on any atom is 0.294 e. The van der Waals surface area contributed by atoms with Crippen LogP contribution in [0.15, 0.2) is 101 Å². The normalized spacial score (nSPS) is 11.5. The van der Waals surface area contributed by atoms with E-state index in [-0.39, 0.29) is 20.8 Å². The molecule has 11 N–H and O–H groups in total. The first kappa shape index (κ1) is 48.0. The number of rotatable bonds is 11. The Morgan fingerprint density at radius 2 is 1.25 bits per heavy atom. The van der Waals surface area contributed by atoms with Crippen molar-refractivity contribution >= 4 is 32.1 Å². The van der Waals surface area contributed by atoms with E-state index in [9.17, 15) is 31.6 Å². The van der Waals surface area contributed by atoms with Gasteiger partial charge in [0.15, 0.2) is 0 Å². The highest BCUT2D eigenvalue weighted by Crippen LogP contribution is 2.30. The number of hydroxylamine groups is 1. The topological polar surface area (TPSA) is 280 Å². The summed E-state index contributed by atoms with van der Waals surface area (Å²) < 4.78 is 64.1. The Morgan fingerprint density at radius 1 is 0.800 bits per heavy atom. The largest absolute Gasteiger partial charge is 0.412 e. The van der Waals surface area contributed by atoms with Gasteiger partial charge in [-0.2, -0.15) is 16.8 Å². The van der Waals surface area contributed by atoms with Crippen LogP contribution in [-0.4, -0.2) is 74.2 Å². The fourth-order valence-corrected chi connectivity index (χ4v) is 5.69. The number of nitrogens with two attached hydrogens (primary N) is 2. The van der Waals surface area contributed by atoms with Crippen molar-refractivity contribution < 1.29 is 51.0 Å². The Kier molecular flexibility index (Phi) is 19.0. The third-order valence-electron chi connectivity index (χ3n) is 7.50. The Hall–Kier alpha value is -5.00. The molecule has 0 spiro atoms. The Morgan fingerprint density at radius 3 is 1.65 bits per heavy atom. The van der Waals surface area contributed by atoms with Crippen molar-refractivity contribution in [2.24, 2.45) is 11.5 Å². The number of carbonyl (C=O) groups excluding carboxylic acids is 2. The maximum atomic E-state index is 12.3. The van der Waals surface area contributed by atoms with Crippen molar-refractivity contribution in [2.75, 3.05) is 20.3 Å². The summed E-state index contributed by atoms with van der Waals surface area (Å²) in [6, 6.07) is 24.6. The molecule has 0 unspecified atom stereocenters. The lowest BCUT2D eigenvalue weighted by Crippen LogP contribution is -2.47. The molecule has 0 aliphatic carbocycles. The summed E-state index contributed by atoms with van der Waals surface area (Å²) in [6.07, 6.45) is 0. The molecular formula is C38H48N4O11S2. The van der Waals surface area contributed by atoms with Gasteiger partial charge in [0.05, 0.1) is 22.3 Å². The number of aryl methyl sites for hydroxylation is 2. The van der Waals surface area contributed by atoms with Gasteiger partial charge < -0.3 is 27.0 Å². The first-order valence-corrected chi connectivity index (χ1v) is 19.1. The highest BCUT2D eigenvalue weighted by Gasteiger charge is 2.36. The third-order valence-corrected chi connectivity index (χ3v) is 9.24. The molecule has 4 rings (SSSR count). The van der Waals surface area contributed by atoms with Gasteiger partial charge in [0.25, 0.3) is 26.1 Å². The zero-order valence-electron chi connectivity index (χ0n) is 31.0. The standard InChI is InChI=1S/C24H30N4O4.2C7H8O3S.H2O/c1-24(2,26)21(23(30)28-31)20-14-17(10-11-19(20)22(25)29)7-4-16-5-8-18(9-6-16)15-27-12-13-32-3;2*1-6-2-4-7(5-3-6)11(8,9)10;/h5-6,8-11,14,21,27,31H,12-13,15,26H2,1-3H3,(H2,25,29)(H,28,30);2*2-5H,1H3,(H,8,9,10);1H2/t21-;;;/m1.../s1. The van der Waals surface area contributed by atoms with Crippen LogP contribution < -0.4 is 22.3 Å². The van der Waals surface area contributed by atoms with Crippen molar-refractivity contribution in [3.63, 3.8) is 0 Å². The molecule has 4 aromatic carbocycles. The summed E-state index contributed by atoms with van der Waals surface area (Å²) >= 11 is 0. The zero-order chi connectivity index (χ0) is 40.7. The van der Waals surface area contributed by atoms with Crippen molar-refractivity contribution in [2.45, 2.75) is 55.5 Å². The highest BCUT2D eigenvalue weighted by atomic mass is 32.2. The summed E-state index contributed by atoms with van der Waals surface area (Å²) in [6.45, 7) is 9.10. The number of hydrogen-bond acceptors (Lipinski definition) is 10. The molecule has 0 saturated carbocycles. The summed E-state index contributed by atoms with van der Waals surface area (Å²) in [4.78, 5) is 24.1. The molecule has 15 nitrogen and oxygen atoms in total. The second-order valence-electron chi connectivity index (χ2n) is 12.6. The molecule has 298 valence electrons. The molecule has 0 bridgehead atoms. The quantitative estimate of drug-likeness (QED) is 0.0379. The van der Waals surface area contributed by atoms with E-state index in [0.717, 1.165) is 35.3 Å². The molecule has 0 aliphatic heterocycles. The number of nitrogens with one attached hydrogen (secondary N) is 2. The van der Waals surface area contributed by atoms with E-state index in [4.69, 9.17) is 25.3 Å². The van der Waals surface area contributed by atoms with E-state index in [0.29, 0.717) is 17.7 Å². The van der Waals surface area contributed by atoms with Crippen LogP contribution in [0.25, 0.3) is 0 Å². The number of carbonyl (C=O) groups is 2. The van der Waals surface area contributed by atoms with Gasteiger partial charge in [0.2, 0.25) is 5.91 Å². The van der Waals surface area contributed by atoms with E-state index < -0.39 is 43.5 Å². The van der Waals surface area contributed by atoms with Crippen molar-refractivity contribution in [1.29, 1.82) is 0 Å². The number of benzene rings is 4. The van der Waals surface area contributed by atoms with E-state index in [1.807, 2.05) is 38.1 Å². The van der Waals surface area contributed by atoms with Crippen molar-refractivity contribution in [3.05, 3.63) is 130 Å². The van der Waals surface area contributed by atoms with Crippen molar-refractivity contribution in [1.82, 2.24) is 10.8 Å². The second kappa shape index (κ2) is 21.8. The molecule has 0 fully saturated rings. The van der Waals surface area contributed by atoms with Gasteiger partial charge in [-0.15, -0.1) is 0 Å². The van der Waals surface area contributed by atoms with Gasteiger partial charge in [-0.1, -0.05) is 59.4 Å². The van der Waals surface area contributed by atoms with Crippen LogP contribution in [0.4, 0.5) is 0 Å². The van der Waals surface area contributed by atoms with Gasteiger partial charge in [0.1, 0.15) is 0 Å². The summed E-state index contributed by atoms with van der Waals surface area (Å²) in [5.74, 6) is 3.67. The summed E-state index contributed by atoms with van der Waals surface area (Å²) in [5, 5.41) is 12.5. The molecule has 1 atom stereocenters. The number of amides is 2. The maximum absolute atomic E-state index is 12.3. The summed E-state index contributed by atoms with van der Waals surface area (Å²) in [5.41, 5.74) is 17.1. The van der Waals surface area contributed by atoms with Crippen LogP contribution >= 0.6 is 0 Å². The smallest absolute Gasteiger partial charge is 0.294 e. The first-order valence-electron chi connectivity index (χ1n) is 16.2. The second-order valence-corrected chi connectivity index (χ2v) is 15.4. The Balaban J connectivity index is 0.000000532. The fraction of sp³-hybridized carbons (Fsp3) is 0.263. The zero-order valence-corrected chi connectivity index (χ0v) is 32.7. The van der Waals surface area contributed by atoms with Gasteiger partial charge in [-0.25, -0.2) is 5.48 Å². The third kappa shape index (κ3) is 16.5. The predicted octanol–water partition coefficient (Wildman–Crippen LogP) is 2.91. The number of methoxy groups -OCH3 is 1. The number of primary amides is 1. The molecule has 0 heterocycles. The average molecular weight is 801 g/mol. The molecule has 17 heteroatoms. The molecule has 0 saturated heterocycles. The summed E-state index contributed by atoms with van der Waals surface area (Å²) in [7, 11) is -6.37. The monoisotopic (exact) mass is 800 g/mol. The van der Waals surface area contributed by atoms with Gasteiger partial charge in [0, 0.05) is 42.4 Å². The van der Waals surface area contributed by atoms with Crippen LogP contribution in [0, 0.1) is 25.7 Å². The minimum Gasteiger partial charge on any atom is -0.412 e. The van der Waals surface area contributed by atoms with Gasteiger partial charge in [-0.05, 0) is 93.4 Å². The molecule has 0 aromatic heterocycles. The fourth-order valence-electron chi connectivity index (χ4n) is 4.73. The van der Waals surface area contributed by atoms with Gasteiger partial charge >= 0.3 is 0 Å². The van der Waals surface area contributed by atoms with Crippen LogP contribution in [-0.2, 0) is 36.3 Å². The van der Waals surface area contributed by atoms with E-state index in [1.54, 1.807) is 62.8 Å². The van der Waals surface area contributed by atoms with Crippen LogP contribution in [0.2, 0.25) is 0 Å². The molecule has 55 heavy (non-hydrogen) atoms. The molecule has 0 aliphatic rings.